The molecule has 4 rings (SSSR count). The number of benzene rings is 2. The van der Waals surface area contributed by atoms with Crippen LogP contribution in [0.15, 0.2) is 60.7 Å². The molecule has 7 nitrogen and oxygen atoms in total. The number of carbonyl (C=O) groups is 2. The molecule has 0 bridgehead atoms. The van der Waals surface area contributed by atoms with Gasteiger partial charge in [0.25, 0.3) is 0 Å². The van der Waals surface area contributed by atoms with Crippen molar-refractivity contribution in [2.45, 2.75) is 30.8 Å². The van der Waals surface area contributed by atoms with E-state index < -0.39 is 36.9 Å². The lowest BCUT2D eigenvalue weighted by molar-refractivity contribution is -0.169. The monoisotopic (exact) mass is 382 g/mol. The molecule has 0 radical (unpaired) electrons. The maximum absolute atomic E-state index is 13.0. The number of cyclic esters (lactones) is 1. The van der Waals surface area contributed by atoms with Crippen molar-refractivity contribution in [1.29, 1.82) is 0 Å². The number of β-lactam (4-membered cyclic amide) rings is 1. The molecule has 2 amide bonds. The molecule has 28 heavy (non-hydrogen) atoms. The van der Waals surface area contributed by atoms with E-state index in [1.165, 1.54) is 9.80 Å². The quantitative estimate of drug-likeness (QED) is 0.736. The molecule has 2 saturated heterocycles. The Morgan fingerprint density at radius 2 is 1.68 bits per heavy atom. The van der Waals surface area contributed by atoms with Crippen molar-refractivity contribution in [3.63, 3.8) is 0 Å². The van der Waals surface area contributed by atoms with Crippen molar-refractivity contribution in [2.75, 3.05) is 13.2 Å². The lowest BCUT2D eigenvalue weighted by Gasteiger charge is -2.52. The Hall–Kier alpha value is -2.90. The lowest BCUT2D eigenvalue weighted by Crippen LogP contribution is -2.74. The van der Waals surface area contributed by atoms with Crippen LogP contribution in [-0.2, 0) is 16.1 Å². The molecule has 146 valence electrons. The average Bonchev–Trinajstić information content (AvgIpc) is 3.11. The molecule has 0 unspecified atom stereocenters. The Bertz CT molecular complexity index is 844. The number of hydrogen-bond donors (Lipinski definition) is 2. The summed E-state index contributed by atoms with van der Waals surface area (Å²) in [5.41, 5.74) is 1.77. The zero-order chi connectivity index (χ0) is 19.7. The van der Waals surface area contributed by atoms with E-state index >= 15 is 0 Å². The highest BCUT2D eigenvalue weighted by Crippen LogP contribution is 2.38. The first-order chi connectivity index (χ1) is 13.6. The van der Waals surface area contributed by atoms with Gasteiger partial charge in [-0.15, -0.1) is 0 Å². The van der Waals surface area contributed by atoms with Gasteiger partial charge in [-0.05, 0) is 11.1 Å². The second-order valence-corrected chi connectivity index (χ2v) is 7.05. The number of nitrogens with zero attached hydrogens (tertiary/aromatic N) is 2. The van der Waals surface area contributed by atoms with Crippen LogP contribution >= 0.6 is 0 Å². The summed E-state index contributed by atoms with van der Waals surface area (Å²) in [6, 6.07) is 16.8. The summed E-state index contributed by atoms with van der Waals surface area (Å²) in [4.78, 5) is 28.4. The van der Waals surface area contributed by atoms with Gasteiger partial charge in [0.05, 0.1) is 24.8 Å². The summed E-state index contributed by atoms with van der Waals surface area (Å²) < 4.78 is 5.23. The van der Waals surface area contributed by atoms with Crippen molar-refractivity contribution < 1.29 is 24.5 Å². The van der Waals surface area contributed by atoms with E-state index in [0.717, 1.165) is 11.1 Å². The average molecular weight is 382 g/mol. The van der Waals surface area contributed by atoms with Gasteiger partial charge in [0.15, 0.2) is 0 Å². The molecule has 7 heteroatoms. The molecule has 2 aliphatic rings. The van der Waals surface area contributed by atoms with Gasteiger partial charge in [-0.25, -0.2) is 4.79 Å². The molecule has 4 atom stereocenters. The number of rotatable bonds is 6. The first-order valence-electron chi connectivity index (χ1n) is 9.25. The Kier molecular flexibility index (Phi) is 5.02. The predicted molar refractivity (Wildman–Crippen MR) is 100 cm³/mol. The molecule has 0 aromatic heterocycles. The molecular weight excluding hydrogens is 360 g/mol. The maximum atomic E-state index is 13.0. The van der Waals surface area contributed by atoms with Crippen molar-refractivity contribution in [3.8, 4) is 0 Å². The standard InChI is InChI=1S/C21H22N2O5/c24-12-17(25)18-19(20(26)22(18)11-14-7-3-1-4-8-14)23-16(13-28-21(23)27)15-9-5-2-6-10-15/h1-10,16-19,24-25H,11-13H2/t16-,17-,18-,19+/m1/s1. The zero-order valence-corrected chi connectivity index (χ0v) is 15.2. The number of amides is 2. The number of carbonyl (C=O) groups excluding carboxylic acids is 2. The first-order valence-corrected chi connectivity index (χ1v) is 9.25. The number of aliphatic hydroxyl groups is 2. The van der Waals surface area contributed by atoms with Crippen LogP contribution in [0.3, 0.4) is 0 Å². The fourth-order valence-electron chi connectivity index (χ4n) is 4.00. The van der Waals surface area contributed by atoms with Gasteiger partial charge >= 0.3 is 6.09 Å². The van der Waals surface area contributed by atoms with Crippen molar-refractivity contribution in [2.24, 2.45) is 0 Å². The molecule has 2 heterocycles. The third-order valence-electron chi connectivity index (χ3n) is 5.39. The second kappa shape index (κ2) is 7.61. The number of likely N-dealkylation sites (tertiary alicyclic amines) is 1. The minimum absolute atomic E-state index is 0.146. The van der Waals surface area contributed by atoms with Crippen LogP contribution in [-0.4, -0.2) is 63.4 Å². The van der Waals surface area contributed by atoms with Crippen molar-refractivity contribution in [3.05, 3.63) is 71.8 Å². The Labute approximate surface area is 162 Å². The van der Waals surface area contributed by atoms with Gasteiger partial charge in [-0.3, -0.25) is 9.69 Å². The molecule has 2 N–H and O–H groups in total. The molecule has 2 aliphatic heterocycles. The van der Waals surface area contributed by atoms with Crippen LogP contribution in [0.25, 0.3) is 0 Å². The van der Waals surface area contributed by atoms with Crippen LogP contribution in [0.5, 0.6) is 0 Å². The largest absolute Gasteiger partial charge is 0.447 e. The second-order valence-electron chi connectivity index (χ2n) is 7.05. The van der Waals surface area contributed by atoms with E-state index in [0.29, 0.717) is 6.54 Å². The van der Waals surface area contributed by atoms with Crippen LogP contribution in [0.2, 0.25) is 0 Å². The van der Waals surface area contributed by atoms with E-state index in [1.54, 1.807) is 0 Å². The summed E-state index contributed by atoms with van der Waals surface area (Å²) >= 11 is 0. The van der Waals surface area contributed by atoms with E-state index in [1.807, 2.05) is 60.7 Å². The maximum Gasteiger partial charge on any atom is 0.411 e. The van der Waals surface area contributed by atoms with E-state index in [4.69, 9.17) is 4.74 Å². The fraction of sp³-hybridized carbons (Fsp3) is 0.333. The Balaban J connectivity index is 1.62. The highest BCUT2D eigenvalue weighted by atomic mass is 16.6. The van der Waals surface area contributed by atoms with Crippen LogP contribution in [0, 0.1) is 0 Å². The molecule has 0 aliphatic carbocycles. The minimum Gasteiger partial charge on any atom is -0.447 e. The third-order valence-corrected chi connectivity index (χ3v) is 5.39. The summed E-state index contributed by atoms with van der Waals surface area (Å²) in [5.74, 6) is -0.263. The van der Waals surface area contributed by atoms with Crippen molar-refractivity contribution >= 4 is 12.0 Å². The van der Waals surface area contributed by atoms with Gasteiger partial charge < -0.3 is 19.8 Å². The Morgan fingerprint density at radius 3 is 2.32 bits per heavy atom. The van der Waals surface area contributed by atoms with E-state index in [9.17, 15) is 19.8 Å². The van der Waals surface area contributed by atoms with E-state index in [2.05, 4.69) is 0 Å². The van der Waals surface area contributed by atoms with E-state index in [-0.39, 0.29) is 12.5 Å². The van der Waals surface area contributed by atoms with Crippen LogP contribution < -0.4 is 0 Å². The van der Waals surface area contributed by atoms with Gasteiger partial charge in [0, 0.05) is 6.54 Å². The zero-order valence-electron chi connectivity index (χ0n) is 15.2. The highest BCUT2D eigenvalue weighted by Gasteiger charge is 2.58. The SMILES string of the molecule is O=C1[C@@H](N2C(=O)OC[C@@H]2c2ccccc2)[C@@H]([C@H](O)CO)N1Cc1ccccc1. The first kappa shape index (κ1) is 18.5. The van der Waals surface area contributed by atoms with Gasteiger partial charge in [0.2, 0.25) is 5.91 Å². The van der Waals surface area contributed by atoms with Gasteiger partial charge in [-0.2, -0.15) is 0 Å². The number of aliphatic hydroxyl groups excluding tert-OH is 2. The van der Waals surface area contributed by atoms with Crippen LogP contribution in [0.1, 0.15) is 17.2 Å². The van der Waals surface area contributed by atoms with Crippen molar-refractivity contribution in [1.82, 2.24) is 9.80 Å². The molecular formula is C21H22N2O5. The summed E-state index contributed by atoms with van der Waals surface area (Å²) in [7, 11) is 0. The van der Waals surface area contributed by atoms with Gasteiger partial charge in [0.1, 0.15) is 12.6 Å². The molecule has 2 fully saturated rings. The highest BCUT2D eigenvalue weighted by molar-refractivity contribution is 5.93. The van der Waals surface area contributed by atoms with Gasteiger partial charge in [-0.1, -0.05) is 60.7 Å². The molecule has 2 aromatic rings. The fourth-order valence-corrected chi connectivity index (χ4v) is 4.00. The normalized spacial score (nSPS) is 25.4. The third kappa shape index (κ3) is 3.12. The van der Waals surface area contributed by atoms with Crippen LogP contribution in [0.4, 0.5) is 4.79 Å². The summed E-state index contributed by atoms with van der Waals surface area (Å²) in [5, 5.41) is 19.9. The number of hydrogen-bond acceptors (Lipinski definition) is 5. The smallest absolute Gasteiger partial charge is 0.411 e. The molecule has 2 aromatic carbocycles. The Morgan fingerprint density at radius 1 is 1.04 bits per heavy atom. The number of ether oxygens (including phenoxy) is 1. The summed E-state index contributed by atoms with van der Waals surface area (Å²) in [6.07, 6.45) is -1.74. The lowest BCUT2D eigenvalue weighted by atomic mass is 9.87. The molecule has 0 spiro atoms. The topological polar surface area (TPSA) is 90.3 Å². The molecule has 0 saturated carbocycles. The predicted octanol–water partition coefficient (Wildman–Crippen LogP) is 1.31. The minimum atomic E-state index is -1.16. The summed E-state index contributed by atoms with van der Waals surface area (Å²) in [6.45, 7) is -0.0529.